The van der Waals surface area contributed by atoms with Crippen molar-refractivity contribution in [3.05, 3.63) is 180 Å². The Bertz CT molecular complexity index is 2470. The van der Waals surface area contributed by atoms with Gasteiger partial charge in [0.15, 0.2) is 0 Å². The zero-order chi connectivity index (χ0) is 38.3. The van der Waals surface area contributed by atoms with E-state index in [2.05, 4.69) is 228 Å². The van der Waals surface area contributed by atoms with Crippen LogP contribution in [0.2, 0.25) is 15.7 Å². The van der Waals surface area contributed by atoms with E-state index in [1.807, 2.05) is 0 Å². The first-order valence-corrected chi connectivity index (χ1v) is 43.1. The summed E-state index contributed by atoms with van der Waals surface area (Å²) >= 11 is -5.71. The Balaban J connectivity index is 1.39. The normalized spacial score (nSPS) is 18.6. The molecule has 8 rings (SSSR count). The van der Waals surface area contributed by atoms with E-state index in [0.717, 1.165) is 0 Å². The van der Waals surface area contributed by atoms with Crippen molar-refractivity contribution in [1.82, 2.24) is 0 Å². The maximum absolute atomic E-state index is 5.71. The molecule has 2 aliphatic carbocycles. The van der Waals surface area contributed by atoms with Crippen molar-refractivity contribution in [2.75, 3.05) is 0 Å². The Hall–Kier alpha value is -4.11. The van der Waals surface area contributed by atoms with Crippen molar-refractivity contribution < 1.29 is 14.2 Å². The third kappa shape index (κ3) is 4.33. The average molecular weight is 888 g/mol. The zero-order valence-corrected chi connectivity index (χ0v) is 38.5. The molecule has 0 amide bonds. The third-order valence-corrected chi connectivity index (χ3v) is 112. The number of allylic oxidation sites excluding steroid dienone is 2. The second kappa shape index (κ2) is 11.5. The van der Waals surface area contributed by atoms with Crippen LogP contribution < -0.4 is 0 Å². The Morgan fingerprint density at radius 2 is 0.704 bits per heavy atom. The molecule has 54 heavy (non-hydrogen) atoms. The van der Waals surface area contributed by atoms with Crippen molar-refractivity contribution in [1.29, 1.82) is 0 Å². The molecule has 0 radical (unpaired) electrons. The van der Waals surface area contributed by atoms with Gasteiger partial charge in [0, 0.05) is 0 Å². The molecule has 0 spiro atoms. The summed E-state index contributed by atoms with van der Waals surface area (Å²) in [6, 6.07) is 54.1. The van der Waals surface area contributed by atoms with Crippen LogP contribution in [-0.2, 0) is 14.2 Å². The number of hydrogen-bond donors (Lipinski definition) is 0. The van der Waals surface area contributed by atoms with Gasteiger partial charge in [-0.05, 0) is 0 Å². The van der Waals surface area contributed by atoms with E-state index in [-0.39, 0.29) is 13.7 Å². The van der Waals surface area contributed by atoms with E-state index in [4.69, 9.17) is 0 Å². The van der Waals surface area contributed by atoms with Crippen LogP contribution in [0, 0.1) is 0 Å². The van der Waals surface area contributed by atoms with Gasteiger partial charge >= 0.3 is 322 Å². The Morgan fingerprint density at radius 3 is 1.06 bits per heavy atom. The van der Waals surface area contributed by atoms with Crippen molar-refractivity contribution in [2.24, 2.45) is 0 Å². The second-order valence-electron chi connectivity index (χ2n) is 20.6. The van der Waals surface area contributed by atoms with Gasteiger partial charge in [-0.1, -0.05) is 0 Å². The minimum atomic E-state index is -5.71. The number of benzene rings is 6. The van der Waals surface area contributed by atoms with Gasteiger partial charge in [-0.15, -0.1) is 0 Å². The Kier molecular flexibility index (Phi) is 7.82. The molecule has 2 unspecified atom stereocenters. The van der Waals surface area contributed by atoms with E-state index in [9.17, 15) is 0 Å². The first-order valence-electron chi connectivity index (χ1n) is 19.9. The predicted molar refractivity (Wildman–Crippen MR) is 238 cm³/mol. The summed E-state index contributed by atoms with van der Waals surface area (Å²) in [7, 11) is 0. The van der Waals surface area contributed by atoms with Crippen LogP contribution in [0.15, 0.2) is 158 Å². The summed E-state index contributed by atoms with van der Waals surface area (Å²) in [5.74, 6) is 0. The molecule has 0 aliphatic heterocycles. The second-order valence-corrected chi connectivity index (χ2v) is 95.8. The number of hydrogen-bond acceptors (Lipinski definition) is 0. The fourth-order valence-electron chi connectivity index (χ4n) is 11.7. The third-order valence-electron chi connectivity index (χ3n) is 17.7. The molecule has 2 aliphatic rings. The van der Waals surface area contributed by atoms with Gasteiger partial charge in [-0.3, -0.25) is 0 Å². The van der Waals surface area contributed by atoms with Gasteiger partial charge < -0.3 is 0 Å². The van der Waals surface area contributed by atoms with Gasteiger partial charge in [0.1, 0.15) is 0 Å². The summed E-state index contributed by atoms with van der Waals surface area (Å²) in [5.41, 5.74) is 16.1. The average Bonchev–Trinajstić information content (AvgIpc) is 3.82. The quantitative estimate of drug-likeness (QED) is 0.146. The molecule has 0 fully saturated rings. The molecule has 0 saturated heterocycles. The molecule has 0 bridgehead atoms. The molecule has 0 aromatic heterocycles. The standard InChI is InChI=1S/2C21H15.2C4H9.2CH3.Hf.H2Si/c2*1-2-8-16(9-3-1)18-12-4-5-13-20(18)21-15-7-11-17-10-6-14-19(17)21;2*1-4(2)3;;;;/h2*1-15H;2*1-3H3;2*1H3;;1H2. The molecule has 0 saturated carbocycles. The molecule has 0 nitrogen and oxygen atoms in total. The summed E-state index contributed by atoms with van der Waals surface area (Å²) in [6.45, 7) is 18.2. The van der Waals surface area contributed by atoms with Gasteiger partial charge in [-0.2, -0.15) is 0 Å². The van der Waals surface area contributed by atoms with Crippen molar-refractivity contribution in [3.8, 4) is 44.5 Å². The zero-order valence-electron chi connectivity index (χ0n) is 33.5. The minimum absolute atomic E-state index is 0.0240. The molecule has 272 valence electrons. The van der Waals surface area contributed by atoms with Crippen LogP contribution in [0.3, 0.4) is 0 Å². The number of fused-ring (bicyclic) bond motifs is 2. The first-order chi connectivity index (χ1) is 25.5. The van der Waals surface area contributed by atoms with E-state index in [0.29, 0.717) is 0 Å². The van der Waals surface area contributed by atoms with Gasteiger partial charge in [0.05, 0.1) is 0 Å². The Labute approximate surface area is 320 Å². The van der Waals surface area contributed by atoms with Crippen molar-refractivity contribution >= 4 is 19.1 Å². The molecule has 6 aromatic carbocycles. The summed E-state index contributed by atoms with van der Waals surface area (Å²) < 4.78 is 6.28. The van der Waals surface area contributed by atoms with Gasteiger partial charge in [-0.25, -0.2) is 0 Å². The van der Waals surface area contributed by atoms with Crippen LogP contribution in [-0.4, -0.2) is 6.94 Å². The molecule has 0 N–H and O–H groups in total. The van der Waals surface area contributed by atoms with Crippen LogP contribution in [0.4, 0.5) is 0 Å². The van der Waals surface area contributed by atoms with E-state index >= 15 is 0 Å². The van der Waals surface area contributed by atoms with Crippen LogP contribution in [0.25, 0.3) is 56.7 Å². The molecule has 6 aromatic rings. The molecular formula is C52H56HfSi. The first kappa shape index (κ1) is 36.8. The molecule has 2 heteroatoms. The maximum atomic E-state index is 2.89. The predicted octanol–water partition coefficient (Wildman–Crippen LogP) is 15.0. The molecule has 2 atom stereocenters. The number of rotatable bonds is 6. The van der Waals surface area contributed by atoms with Crippen LogP contribution in [0.1, 0.15) is 71.1 Å². The SMILES string of the molecule is C[C](C)(C)[Hf]([CH3])([CH3])(=[SiH2])([CH]1C=Cc2c(-c3ccccc3-c3ccccc3)cccc21)([CH]1C=Cc2c(-c3ccccc3-c3ccccc3)cccc21)[C](C)(C)C. The van der Waals surface area contributed by atoms with E-state index in [1.54, 1.807) is 0 Å². The monoisotopic (exact) mass is 888 g/mol. The topological polar surface area (TPSA) is 0 Å². The van der Waals surface area contributed by atoms with Crippen molar-refractivity contribution in [3.63, 3.8) is 0 Å². The summed E-state index contributed by atoms with van der Waals surface area (Å²) in [5, 5.41) is 0. The van der Waals surface area contributed by atoms with E-state index < -0.39 is 14.2 Å². The summed E-state index contributed by atoms with van der Waals surface area (Å²) in [4.78, 5) is 0. The van der Waals surface area contributed by atoms with Crippen LogP contribution >= 0.6 is 0 Å². The Morgan fingerprint density at radius 1 is 0.389 bits per heavy atom. The van der Waals surface area contributed by atoms with Crippen LogP contribution in [0.5, 0.6) is 0 Å². The van der Waals surface area contributed by atoms with Gasteiger partial charge in [0.25, 0.3) is 0 Å². The molecular weight excluding hydrogens is 831 g/mol. The fourth-order valence-corrected chi connectivity index (χ4v) is 58.4. The van der Waals surface area contributed by atoms with Crippen molar-refractivity contribution in [2.45, 2.75) is 64.6 Å². The fraction of sp³-hybridized carbons (Fsp3) is 0.231. The molecule has 0 heterocycles. The van der Waals surface area contributed by atoms with Gasteiger partial charge in [0.2, 0.25) is 0 Å². The van der Waals surface area contributed by atoms with E-state index in [1.165, 1.54) is 66.8 Å². The summed E-state index contributed by atoms with van der Waals surface area (Å²) in [6.07, 6.45) is 10.4.